The van der Waals surface area contributed by atoms with Crippen LogP contribution >= 0.6 is 15.9 Å². The Morgan fingerprint density at radius 3 is 2.56 bits per heavy atom. The van der Waals surface area contributed by atoms with Gasteiger partial charge >= 0.3 is 0 Å². The highest BCUT2D eigenvalue weighted by atomic mass is 79.9. The van der Waals surface area contributed by atoms with E-state index in [4.69, 9.17) is 0 Å². The van der Waals surface area contributed by atoms with Gasteiger partial charge in [-0.1, -0.05) is 13.3 Å². The molecule has 1 heterocycles. The fourth-order valence-electron chi connectivity index (χ4n) is 2.43. The van der Waals surface area contributed by atoms with Crippen LogP contribution in [0.1, 0.15) is 37.6 Å². The second-order valence-electron chi connectivity index (χ2n) is 4.87. The van der Waals surface area contributed by atoms with Crippen LogP contribution < -0.4 is 0 Å². The van der Waals surface area contributed by atoms with Gasteiger partial charge in [0.2, 0.25) is 0 Å². The summed E-state index contributed by atoms with van der Waals surface area (Å²) < 4.78 is 3.09. The average Bonchev–Trinajstić information content (AvgIpc) is 2.49. The Hall–Kier alpha value is -0.350. The third-order valence-electron chi connectivity index (χ3n) is 3.80. The van der Waals surface area contributed by atoms with E-state index in [-0.39, 0.29) is 5.41 Å². The summed E-state index contributed by atoms with van der Waals surface area (Å²) in [4.78, 5) is 0. The van der Waals surface area contributed by atoms with Gasteiger partial charge < -0.3 is 5.11 Å². The lowest BCUT2D eigenvalue weighted by molar-refractivity contribution is 0.0431. The molecule has 90 valence electrons. The number of aryl methyl sites for hydroxylation is 2. The molecule has 3 nitrogen and oxygen atoms in total. The number of hydrogen-bond acceptors (Lipinski definition) is 2. The van der Waals surface area contributed by atoms with Crippen LogP contribution in [-0.4, -0.2) is 21.5 Å². The van der Waals surface area contributed by atoms with Crippen LogP contribution in [0.25, 0.3) is 0 Å². The summed E-state index contributed by atoms with van der Waals surface area (Å²) >= 11 is 3.63. The molecule has 16 heavy (non-hydrogen) atoms. The third kappa shape index (κ3) is 1.93. The molecule has 4 heteroatoms. The van der Waals surface area contributed by atoms with Gasteiger partial charge in [-0.05, 0) is 47.0 Å². The zero-order chi connectivity index (χ0) is 11.8. The van der Waals surface area contributed by atoms with Crippen LogP contribution in [0.5, 0.6) is 0 Å². The number of aliphatic hydroxyl groups is 1. The largest absolute Gasteiger partial charge is 0.396 e. The number of nitrogens with zero attached hydrogens (tertiary/aromatic N) is 2. The van der Waals surface area contributed by atoms with Crippen molar-refractivity contribution < 1.29 is 5.11 Å². The number of hydrogen-bond donors (Lipinski definition) is 1. The van der Waals surface area contributed by atoms with Crippen LogP contribution in [0.15, 0.2) is 4.47 Å². The van der Waals surface area contributed by atoms with Gasteiger partial charge in [0.1, 0.15) is 0 Å². The molecule has 0 unspecified atom stereocenters. The summed E-state index contributed by atoms with van der Waals surface area (Å²) in [5, 5.41) is 14.0. The van der Waals surface area contributed by atoms with Gasteiger partial charge in [-0.15, -0.1) is 0 Å². The first-order valence-electron chi connectivity index (χ1n) is 5.93. The first-order chi connectivity index (χ1) is 7.62. The quantitative estimate of drug-likeness (QED) is 0.923. The van der Waals surface area contributed by atoms with E-state index < -0.39 is 0 Å². The maximum Gasteiger partial charge on any atom is 0.0766 e. The zero-order valence-electron chi connectivity index (χ0n) is 9.96. The van der Waals surface area contributed by atoms with Crippen molar-refractivity contribution in [3.8, 4) is 0 Å². The Balaban J connectivity index is 2.23. The van der Waals surface area contributed by atoms with Crippen molar-refractivity contribution in [3.05, 3.63) is 15.9 Å². The Labute approximate surface area is 105 Å². The summed E-state index contributed by atoms with van der Waals surface area (Å²) in [5.74, 6) is 0. The summed E-state index contributed by atoms with van der Waals surface area (Å²) in [6.45, 7) is 2.41. The van der Waals surface area contributed by atoms with Gasteiger partial charge in [-0.3, -0.25) is 4.68 Å². The number of rotatable bonds is 4. The monoisotopic (exact) mass is 286 g/mol. The smallest absolute Gasteiger partial charge is 0.0766 e. The predicted octanol–water partition coefficient (Wildman–Crippen LogP) is 2.45. The molecule has 1 aromatic heterocycles. The molecule has 0 aliphatic heterocycles. The lowest BCUT2D eigenvalue weighted by Gasteiger charge is -2.40. The van der Waals surface area contributed by atoms with Crippen molar-refractivity contribution in [3.63, 3.8) is 0 Å². The van der Waals surface area contributed by atoms with Crippen molar-refractivity contribution >= 4 is 15.9 Å². The molecule has 0 aromatic carbocycles. The van der Waals surface area contributed by atoms with Crippen LogP contribution in [0, 0.1) is 5.41 Å². The molecule has 1 saturated carbocycles. The van der Waals surface area contributed by atoms with Gasteiger partial charge in [0.25, 0.3) is 0 Å². The molecule has 0 saturated heterocycles. The standard InChI is InChI=1S/C12H19BrN2O/c1-3-9-11(13)10(15(2)14-9)7-12(8-16)5-4-6-12/h16H,3-8H2,1-2H3. The van der Waals surface area contributed by atoms with E-state index in [2.05, 4.69) is 28.0 Å². The van der Waals surface area contributed by atoms with Crippen molar-refractivity contribution in [2.24, 2.45) is 12.5 Å². The predicted molar refractivity (Wildman–Crippen MR) is 67.4 cm³/mol. The normalized spacial score (nSPS) is 18.5. The van der Waals surface area contributed by atoms with E-state index in [1.54, 1.807) is 0 Å². The van der Waals surface area contributed by atoms with Crippen LogP contribution in [-0.2, 0) is 19.9 Å². The minimum absolute atomic E-state index is 0.126. The summed E-state index contributed by atoms with van der Waals surface area (Å²) in [6.07, 6.45) is 5.41. The van der Waals surface area contributed by atoms with E-state index in [0.717, 1.165) is 35.8 Å². The van der Waals surface area contributed by atoms with Crippen LogP contribution in [0.4, 0.5) is 0 Å². The molecule has 1 aliphatic carbocycles. The first kappa shape index (κ1) is 12.1. The summed E-state index contributed by atoms with van der Waals surface area (Å²) in [5.41, 5.74) is 2.47. The lowest BCUT2D eigenvalue weighted by atomic mass is 9.66. The average molecular weight is 287 g/mol. The number of aromatic nitrogens is 2. The molecular weight excluding hydrogens is 268 g/mol. The van der Waals surface area contributed by atoms with Crippen LogP contribution in [0.3, 0.4) is 0 Å². The van der Waals surface area contributed by atoms with Gasteiger partial charge in [-0.2, -0.15) is 5.10 Å². The molecule has 1 fully saturated rings. The second kappa shape index (κ2) is 4.49. The molecule has 0 amide bonds. The molecular formula is C12H19BrN2O. The van der Waals surface area contributed by atoms with Gasteiger partial charge in [0.05, 0.1) is 15.9 Å². The maximum absolute atomic E-state index is 9.50. The van der Waals surface area contributed by atoms with Gasteiger partial charge in [0, 0.05) is 13.7 Å². The Bertz CT molecular complexity index is 377. The fourth-order valence-corrected chi connectivity index (χ4v) is 3.19. The maximum atomic E-state index is 9.50. The first-order valence-corrected chi connectivity index (χ1v) is 6.72. The minimum Gasteiger partial charge on any atom is -0.396 e. The zero-order valence-corrected chi connectivity index (χ0v) is 11.5. The molecule has 0 radical (unpaired) electrons. The molecule has 0 bridgehead atoms. The molecule has 0 atom stereocenters. The van der Waals surface area contributed by atoms with Crippen molar-refractivity contribution in [1.29, 1.82) is 0 Å². The van der Waals surface area contributed by atoms with Crippen LogP contribution in [0.2, 0.25) is 0 Å². The lowest BCUT2D eigenvalue weighted by Crippen LogP contribution is -2.36. The van der Waals surface area contributed by atoms with Gasteiger partial charge in [0.15, 0.2) is 0 Å². The van der Waals surface area contributed by atoms with E-state index in [9.17, 15) is 5.11 Å². The second-order valence-corrected chi connectivity index (χ2v) is 5.67. The van der Waals surface area contributed by atoms with E-state index >= 15 is 0 Å². The highest BCUT2D eigenvalue weighted by molar-refractivity contribution is 9.10. The Morgan fingerprint density at radius 2 is 2.19 bits per heavy atom. The summed E-state index contributed by atoms with van der Waals surface area (Å²) in [7, 11) is 1.99. The van der Waals surface area contributed by atoms with Crippen molar-refractivity contribution in [2.75, 3.05) is 6.61 Å². The minimum atomic E-state index is 0.126. The SMILES string of the molecule is CCc1nn(C)c(CC2(CO)CCC2)c1Br. The summed E-state index contributed by atoms with van der Waals surface area (Å²) in [6, 6.07) is 0. The fraction of sp³-hybridized carbons (Fsp3) is 0.750. The highest BCUT2D eigenvalue weighted by Gasteiger charge is 2.37. The number of halogens is 1. The molecule has 1 aliphatic rings. The Kier molecular flexibility index (Phi) is 3.40. The topological polar surface area (TPSA) is 38.0 Å². The van der Waals surface area contributed by atoms with Crippen molar-refractivity contribution in [1.82, 2.24) is 9.78 Å². The molecule has 1 N–H and O–H groups in total. The number of aliphatic hydroxyl groups excluding tert-OH is 1. The molecule has 1 aromatic rings. The van der Waals surface area contributed by atoms with E-state index in [0.29, 0.717) is 6.61 Å². The molecule has 0 spiro atoms. The third-order valence-corrected chi connectivity index (χ3v) is 4.71. The van der Waals surface area contributed by atoms with E-state index in [1.807, 2.05) is 11.7 Å². The van der Waals surface area contributed by atoms with E-state index in [1.165, 1.54) is 12.1 Å². The Morgan fingerprint density at radius 1 is 1.50 bits per heavy atom. The molecule has 2 rings (SSSR count). The van der Waals surface area contributed by atoms with Crippen molar-refractivity contribution in [2.45, 2.75) is 39.0 Å². The highest BCUT2D eigenvalue weighted by Crippen LogP contribution is 2.44. The van der Waals surface area contributed by atoms with Gasteiger partial charge in [-0.25, -0.2) is 0 Å².